The van der Waals surface area contributed by atoms with Crippen molar-refractivity contribution in [3.05, 3.63) is 34.9 Å². The van der Waals surface area contributed by atoms with Crippen molar-refractivity contribution < 1.29 is 0 Å². The summed E-state index contributed by atoms with van der Waals surface area (Å²) in [5.74, 6) is 0.714. The van der Waals surface area contributed by atoms with Gasteiger partial charge in [0, 0.05) is 6.04 Å². The number of rotatable bonds is 3. The van der Waals surface area contributed by atoms with Crippen LogP contribution in [0.25, 0.3) is 0 Å². The summed E-state index contributed by atoms with van der Waals surface area (Å²) in [6.07, 6.45) is 1.28. The molecule has 17 heavy (non-hydrogen) atoms. The molecule has 1 aliphatic carbocycles. The van der Waals surface area contributed by atoms with Gasteiger partial charge >= 0.3 is 0 Å². The highest BCUT2D eigenvalue weighted by molar-refractivity contribution is 5.39. The van der Waals surface area contributed by atoms with Gasteiger partial charge in [0.25, 0.3) is 0 Å². The highest BCUT2D eigenvalue weighted by atomic mass is 15.0. The van der Waals surface area contributed by atoms with Gasteiger partial charge in [-0.25, -0.2) is 0 Å². The summed E-state index contributed by atoms with van der Waals surface area (Å²) in [5, 5.41) is 3.61. The fourth-order valence-corrected chi connectivity index (χ4v) is 3.20. The van der Waals surface area contributed by atoms with E-state index in [-0.39, 0.29) is 0 Å². The summed E-state index contributed by atoms with van der Waals surface area (Å²) < 4.78 is 0. The molecule has 0 saturated heterocycles. The highest BCUT2D eigenvalue weighted by Crippen LogP contribution is 2.53. The summed E-state index contributed by atoms with van der Waals surface area (Å²) >= 11 is 0. The van der Waals surface area contributed by atoms with E-state index < -0.39 is 0 Å². The number of aryl methyl sites for hydroxylation is 1. The third kappa shape index (κ3) is 2.01. The molecule has 0 radical (unpaired) electrons. The minimum Gasteiger partial charge on any atom is -0.314 e. The van der Waals surface area contributed by atoms with Crippen LogP contribution in [0.15, 0.2) is 18.2 Å². The molecule has 1 fully saturated rings. The van der Waals surface area contributed by atoms with Gasteiger partial charge in [-0.05, 0) is 54.8 Å². The standard InChI is InChI=1S/C16H25N/c1-6-17-15-10-14(16(15,4)5)13-9-7-8-11(2)12(13)3/h7-9,14-15,17H,6,10H2,1-5H3. The lowest BCUT2D eigenvalue weighted by Crippen LogP contribution is -2.55. The molecule has 1 N–H and O–H groups in total. The lowest BCUT2D eigenvalue weighted by Gasteiger charge is -2.53. The Hall–Kier alpha value is -0.820. The van der Waals surface area contributed by atoms with Gasteiger partial charge in [-0.15, -0.1) is 0 Å². The minimum absolute atomic E-state index is 0.383. The Morgan fingerprint density at radius 1 is 1.29 bits per heavy atom. The first-order valence-corrected chi connectivity index (χ1v) is 6.78. The summed E-state index contributed by atoms with van der Waals surface area (Å²) in [5.41, 5.74) is 4.85. The van der Waals surface area contributed by atoms with Crippen LogP contribution in [0, 0.1) is 19.3 Å². The summed E-state index contributed by atoms with van der Waals surface area (Å²) in [7, 11) is 0. The Kier molecular flexibility index (Phi) is 3.31. The highest BCUT2D eigenvalue weighted by Gasteiger charge is 2.48. The molecule has 0 bridgehead atoms. The SMILES string of the molecule is CCNC1CC(c2cccc(C)c2C)C1(C)C. The molecule has 0 aliphatic heterocycles. The van der Waals surface area contributed by atoms with Crippen molar-refractivity contribution in [2.45, 2.75) is 53.0 Å². The van der Waals surface area contributed by atoms with Gasteiger partial charge < -0.3 is 5.32 Å². The first-order chi connectivity index (χ1) is 7.98. The molecule has 1 aromatic rings. The maximum Gasteiger partial charge on any atom is 0.0130 e. The van der Waals surface area contributed by atoms with E-state index in [1.165, 1.54) is 17.5 Å². The Morgan fingerprint density at radius 3 is 2.59 bits per heavy atom. The van der Waals surface area contributed by atoms with Gasteiger partial charge in [-0.1, -0.05) is 39.0 Å². The van der Waals surface area contributed by atoms with Crippen LogP contribution in [0.3, 0.4) is 0 Å². The van der Waals surface area contributed by atoms with Crippen LogP contribution in [0.1, 0.15) is 49.8 Å². The van der Waals surface area contributed by atoms with Crippen LogP contribution in [-0.4, -0.2) is 12.6 Å². The van der Waals surface area contributed by atoms with Gasteiger partial charge in [0.2, 0.25) is 0 Å². The molecule has 0 aromatic heterocycles. The minimum atomic E-state index is 0.383. The number of hydrogen-bond donors (Lipinski definition) is 1. The van der Waals surface area contributed by atoms with E-state index in [0.29, 0.717) is 17.4 Å². The number of hydrogen-bond acceptors (Lipinski definition) is 1. The fourth-order valence-electron chi connectivity index (χ4n) is 3.20. The van der Waals surface area contributed by atoms with Crippen LogP contribution >= 0.6 is 0 Å². The second kappa shape index (κ2) is 4.45. The molecule has 1 heteroatoms. The van der Waals surface area contributed by atoms with E-state index in [9.17, 15) is 0 Å². The molecule has 1 aromatic carbocycles. The van der Waals surface area contributed by atoms with Crippen LogP contribution in [0.2, 0.25) is 0 Å². The van der Waals surface area contributed by atoms with E-state index in [1.807, 2.05) is 0 Å². The number of nitrogens with one attached hydrogen (secondary N) is 1. The lowest BCUT2D eigenvalue weighted by atomic mass is 9.55. The van der Waals surface area contributed by atoms with E-state index in [0.717, 1.165) is 6.54 Å². The van der Waals surface area contributed by atoms with Crippen LogP contribution in [0.5, 0.6) is 0 Å². The molecule has 1 nitrogen and oxygen atoms in total. The molecular weight excluding hydrogens is 206 g/mol. The third-order valence-electron chi connectivity index (χ3n) is 4.74. The molecular formula is C16H25N. The van der Waals surface area contributed by atoms with Crippen molar-refractivity contribution in [1.82, 2.24) is 5.32 Å². The molecule has 0 spiro atoms. The quantitative estimate of drug-likeness (QED) is 0.834. The smallest absolute Gasteiger partial charge is 0.0130 e. The second-order valence-electron chi connectivity index (χ2n) is 6.01. The second-order valence-corrected chi connectivity index (χ2v) is 6.01. The molecule has 0 amide bonds. The summed E-state index contributed by atoms with van der Waals surface area (Å²) in [6.45, 7) is 12.6. The van der Waals surface area contributed by atoms with Crippen molar-refractivity contribution in [1.29, 1.82) is 0 Å². The average Bonchev–Trinajstić information content (AvgIpc) is 2.29. The first kappa shape index (κ1) is 12.6. The van der Waals surface area contributed by atoms with Gasteiger partial charge in [0.1, 0.15) is 0 Å². The Balaban J connectivity index is 2.23. The Bertz CT molecular complexity index is 406. The van der Waals surface area contributed by atoms with Crippen molar-refractivity contribution in [3.8, 4) is 0 Å². The van der Waals surface area contributed by atoms with Crippen LogP contribution < -0.4 is 5.32 Å². The van der Waals surface area contributed by atoms with Crippen molar-refractivity contribution >= 4 is 0 Å². The van der Waals surface area contributed by atoms with E-state index in [2.05, 4.69) is 58.1 Å². The third-order valence-corrected chi connectivity index (χ3v) is 4.74. The predicted molar refractivity (Wildman–Crippen MR) is 74.5 cm³/mol. The zero-order valence-corrected chi connectivity index (χ0v) is 11.8. The van der Waals surface area contributed by atoms with E-state index >= 15 is 0 Å². The fraction of sp³-hybridized carbons (Fsp3) is 0.625. The zero-order chi connectivity index (χ0) is 12.6. The van der Waals surface area contributed by atoms with Crippen LogP contribution in [-0.2, 0) is 0 Å². The van der Waals surface area contributed by atoms with Crippen LogP contribution in [0.4, 0.5) is 0 Å². The van der Waals surface area contributed by atoms with Crippen molar-refractivity contribution in [2.75, 3.05) is 6.54 Å². The molecule has 1 aliphatic rings. The topological polar surface area (TPSA) is 12.0 Å². The molecule has 94 valence electrons. The maximum atomic E-state index is 3.61. The monoisotopic (exact) mass is 231 g/mol. The zero-order valence-electron chi connectivity index (χ0n) is 11.8. The molecule has 1 saturated carbocycles. The summed E-state index contributed by atoms with van der Waals surface area (Å²) in [6, 6.07) is 7.41. The average molecular weight is 231 g/mol. The molecule has 0 heterocycles. The first-order valence-electron chi connectivity index (χ1n) is 6.78. The van der Waals surface area contributed by atoms with Gasteiger partial charge in [-0.2, -0.15) is 0 Å². The number of benzene rings is 1. The summed E-state index contributed by atoms with van der Waals surface area (Å²) in [4.78, 5) is 0. The maximum absolute atomic E-state index is 3.61. The largest absolute Gasteiger partial charge is 0.314 e. The van der Waals surface area contributed by atoms with Crippen molar-refractivity contribution in [2.24, 2.45) is 5.41 Å². The normalized spacial score (nSPS) is 26.6. The van der Waals surface area contributed by atoms with E-state index in [1.54, 1.807) is 5.56 Å². The molecule has 2 rings (SSSR count). The lowest BCUT2D eigenvalue weighted by molar-refractivity contribution is 0.0702. The Morgan fingerprint density at radius 2 is 2.00 bits per heavy atom. The van der Waals surface area contributed by atoms with Gasteiger partial charge in [0.15, 0.2) is 0 Å². The molecule has 2 atom stereocenters. The van der Waals surface area contributed by atoms with Gasteiger partial charge in [0.05, 0.1) is 0 Å². The molecule has 2 unspecified atom stereocenters. The predicted octanol–water partition coefficient (Wildman–Crippen LogP) is 3.80. The Labute approximate surface area is 106 Å². The van der Waals surface area contributed by atoms with Crippen molar-refractivity contribution in [3.63, 3.8) is 0 Å². The van der Waals surface area contributed by atoms with Gasteiger partial charge in [-0.3, -0.25) is 0 Å². The van der Waals surface area contributed by atoms with E-state index in [4.69, 9.17) is 0 Å².